The fourth-order valence-corrected chi connectivity index (χ4v) is 3.79. The standard InChI is InChI=1S/C21H37N5O7/c1-21(2,3)33-19(29)24-16(13-32-15-7-11-26(12-8-15)20(30)31)17(27)25-9-5-14(6-10-25)23-18(28)22-4/h14-16H,5-13H2,1-4H3,(H,24,29)(H,30,31)(H2,22,23,28). The number of urea groups is 1. The first-order valence-corrected chi connectivity index (χ1v) is 11.3. The molecule has 0 aromatic rings. The summed E-state index contributed by atoms with van der Waals surface area (Å²) in [5, 5.41) is 17.1. The molecule has 1 unspecified atom stereocenters. The molecule has 4 N–H and O–H groups in total. The Kier molecular flexibility index (Phi) is 9.56. The Balaban J connectivity index is 1.94. The number of hydrogen-bond acceptors (Lipinski definition) is 6. The van der Waals surface area contributed by atoms with E-state index in [0.717, 1.165) is 0 Å². The highest BCUT2D eigenvalue weighted by atomic mass is 16.6. The van der Waals surface area contributed by atoms with Crippen LogP contribution in [0.1, 0.15) is 46.5 Å². The molecule has 5 amide bonds. The lowest BCUT2D eigenvalue weighted by Crippen LogP contribution is -2.55. The summed E-state index contributed by atoms with van der Waals surface area (Å²) in [5.74, 6) is -0.276. The van der Waals surface area contributed by atoms with Crippen LogP contribution in [0.15, 0.2) is 0 Å². The van der Waals surface area contributed by atoms with E-state index in [2.05, 4.69) is 16.0 Å². The molecular weight excluding hydrogens is 434 g/mol. The topological polar surface area (TPSA) is 150 Å². The van der Waals surface area contributed by atoms with Gasteiger partial charge in [-0.05, 0) is 46.5 Å². The van der Waals surface area contributed by atoms with Gasteiger partial charge in [0.25, 0.3) is 0 Å². The van der Waals surface area contributed by atoms with E-state index in [1.165, 1.54) is 4.90 Å². The van der Waals surface area contributed by atoms with Gasteiger partial charge in [-0.25, -0.2) is 14.4 Å². The number of carbonyl (C=O) groups is 4. The second-order valence-electron chi connectivity index (χ2n) is 9.32. The third kappa shape index (κ3) is 8.95. The normalized spacial score (nSPS) is 18.9. The van der Waals surface area contributed by atoms with Crippen LogP contribution in [0.25, 0.3) is 0 Å². The van der Waals surface area contributed by atoms with Crippen LogP contribution in [0.2, 0.25) is 0 Å². The molecule has 2 aliphatic rings. The monoisotopic (exact) mass is 471 g/mol. The second kappa shape index (κ2) is 11.9. The fourth-order valence-electron chi connectivity index (χ4n) is 3.79. The Morgan fingerprint density at radius 2 is 1.58 bits per heavy atom. The van der Waals surface area contributed by atoms with Crippen molar-refractivity contribution in [3.05, 3.63) is 0 Å². The molecule has 12 nitrogen and oxygen atoms in total. The second-order valence-corrected chi connectivity index (χ2v) is 9.32. The minimum atomic E-state index is -0.956. The zero-order valence-electron chi connectivity index (χ0n) is 19.9. The summed E-state index contributed by atoms with van der Waals surface area (Å²) >= 11 is 0. The molecule has 2 aliphatic heterocycles. The molecule has 0 aliphatic carbocycles. The van der Waals surface area contributed by atoms with Crippen LogP contribution in [0.5, 0.6) is 0 Å². The number of amides is 5. The molecule has 0 radical (unpaired) electrons. The molecule has 0 spiro atoms. The van der Waals surface area contributed by atoms with Crippen LogP contribution in [0, 0.1) is 0 Å². The van der Waals surface area contributed by atoms with Crippen molar-refractivity contribution in [3.8, 4) is 0 Å². The highest BCUT2D eigenvalue weighted by Gasteiger charge is 2.32. The summed E-state index contributed by atoms with van der Waals surface area (Å²) in [5.41, 5.74) is -0.716. The number of alkyl carbamates (subject to hydrolysis) is 1. The zero-order chi connectivity index (χ0) is 24.6. The van der Waals surface area contributed by atoms with Gasteiger partial charge in [0.2, 0.25) is 5.91 Å². The predicted molar refractivity (Wildman–Crippen MR) is 119 cm³/mol. The highest BCUT2D eigenvalue weighted by molar-refractivity contribution is 5.86. The first kappa shape index (κ1) is 26.5. The van der Waals surface area contributed by atoms with Crippen molar-refractivity contribution in [2.75, 3.05) is 39.8 Å². The van der Waals surface area contributed by atoms with E-state index >= 15 is 0 Å². The first-order valence-electron chi connectivity index (χ1n) is 11.3. The average molecular weight is 472 g/mol. The molecule has 0 bridgehead atoms. The van der Waals surface area contributed by atoms with E-state index in [9.17, 15) is 19.2 Å². The Morgan fingerprint density at radius 1 is 1.00 bits per heavy atom. The Morgan fingerprint density at radius 3 is 2.09 bits per heavy atom. The third-order valence-electron chi connectivity index (χ3n) is 5.57. The van der Waals surface area contributed by atoms with Crippen LogP contribution in [-0.4, -0.2) is 103 Å². The first-order chi connectivity index (χ1) is 15.5. The average Bonchev–Trinajstić information content (AvgIpc) is 2.75. The van der Waals surface area contributed by atoms with Crippen molar-refractivity contribution in [3.63, 3.8) is 0 Å². The lowest BCUT2D eigenvalue weighted by Gasteiger charge is -2.35. The van der Waals surface area contributed by atoms with Crippen LogP contribution < -0.4 is 16.0 Å². The van der Waals surface area contributed by atoms with Gasteiger partial charge in [0.15, 0.2) is 0 Å². The van der Waals surface area contributed by atoms with E-state index in [-0.39, 0.29) is 30.7 Å². The highest BCUT2D eigenvalue weighted by Crippen LogP contribution is 2.16. The van der Waals surface area contributed by atoms with Crippen LogP contribution >= 0.6 is 0 Å². The quantitative estimate of drug-likeness (QED) is 0.451. The molecule has 12 heteroatoms. The van der Waals surface area contributed by atoms with Gasteiger partial charge in [-0.2, -0.15) is 0 Å². The molecule has 2 rings (SSSR count). The molecule has 2 saturated heterocycles. The Hall–Kier alpha value is -2.76. The van der Waals surface area contributed by atoms with Crippen molar-refractivity contribution in [2.24, 2.45) is 0 Å². The number of rotatable bonds is 6. The summed E-state index contributed by atoms with van der Waals surface area (Å²) in [6.45, 7) is 6.79. The number of nitrogens with zero attached hydrogens (tertiary/aromatic N) is 2. The summed E-state index contributed by atoms with van der Waals surface area (Å²) in [6, 6.07) is -1.21. The lowest BCUT2D eigenvalue weighted by molar-refractivity contribution is -0.137. The van der Waals surface area contributed by atoms with Crippen molar-refractivity contribution in [1.82, 2.24) is 25.8 Å². The van der Waals surface area contributed by atoms with Crippen molar-refractivity contribution in [1.29, 1.82) is 0 Å². The number of carboxylic acid groups (broad SMARTS) is 1. The molecule has 0 aromatic heterocycles. The summed E-state index contributed by atoms with van der Waals surface area (Å²) in [4.78, 5) is 51.1. The van der Waals surface area contributed by atoms with Crippen molar-refractivity contribution < 1.29 is 33.8 Å². The number of hydrogen-bond donors (Lipinski definition) is 4. The smallest absolute Gasteiger partial charge is 0.408 e. The van der Waals surface area contributed by atoms with Crippen LogP contribution in [0.4, 0.5) is 14.4 Å². The summed E-state index contributed by atoms with van der Waals surface area (Å²) in [7, 11) is 1.55. The van der Waals surface area contributed by atoms with E-state index in [1.807, 2.05) is 0 Å². The minimum absolute atomic E-state index is 0.0260. The predicted octanol–water partition coefficient (Wildman–Crippen LogP) is 0.959. The maximum atomic E-state index is 13.2. The largest absolute Gasteiger partial charge is 0.465 e. The fraction of sp³-hybridized carbons (Fsp3) is 0.810. The van der Waals surface area contributed by atoms with Gasteiger partial charge in [0.05, 0.1) is 12.7 Å². The van der Waals surface area contributed by atoms with E-state index in [4.69, 9.17) is 14.6 Å². The molecule has 2 fully saturated rings. The SMILES string of the molecule is CNC(=O)NC1CCN(C(=O)C(COC2CCN(C(=O)O)CC2)NC(=O)OC(C)(C)C)CC1. The number of nitrogens with one attached hydrogen (secondary N) is 3. The van der Waals surface area contributed by atoms with E-state index < -0.39 is 23.8 Å². The van der Waals surface area contributed by atoms with E-state index in [1.54, 1.807) is 32.7 Å². The molecule has 0 aromatic carbocycles. The van der Waals surface area contributed by atoms with Crippen LogP contribution in [0.3, 0.4) is 0 Å². The Labute approximate surface area is 194 Å². The molecular formula is C21H37N5O7. The van der Waals surface area contributed by atoms with Gasteiger partial charge in [0, 0.05) is 39.3 Å². The van der Waals surface area contributed by atoms with Gasteiger partial charge < -0.3 is 40.3 Å². The van der Waals surface area contributed by atoms with Gasteiger partial charge in [0.1, 0.15) is 11.6 Å². The Bertz CT molecular complexity index is 696. The number of ether oxygens (including phenoxy) is 2. The van der Waals surface area contributed by atoms with E-state index in [0.29, 0.717) is 51.9 Å². The maximum Gasteiger partial charge on any atom is 0.408 e. The zero-order valence-corrected chi connectivity index (χ0v) is 19.9. The maximum absolute atomic E-state index is 13.2. The number of carbonyl (C=O) groups excluding carboxylic acids is 3. The molecule has 2 heterocycles. The molecule has 33 heavy (non-hydrogen) atoms. The van der Waals surface area contributed by atoms with Gasteiger partial charge in [-0.15, -0.1) is 0 Å². The van der Waals surface area contributed by atoms with Gasteiger partial charge in [-0.1, -0.05) is 0 Å². The van der Waals surface area contributed by atoms with Crippen molar-refractivity contribution >= 4 is 24.1 Å². The summed E-state index contributed by atoms with van der Waals surface area (Å²) in [6.07, 6.45) is 0.397. The van der Waals surface area contributed by atoms with Crippen LogP contribution in [-0.2, 0) is 14.3 Å². The van der Waals surface area contributed by atoms with Gasteiger partial charge in [-0.3, -0.25) is 4.79 Å². The number of piperidine rings is 2. The number of likely N-dealkylation sites (tertiary alicyclic amines) is 2. The third-order valence-corrected chi connectivity index (χ3v) is 5.57. The lowest BCUT2D eigenvalue weighted by atomic mass is 10.0. The van der Waals surface area contributed by atoms with Gasteiger partial charge >= 0.3 is 18.2 Å². The molecule has 0 saturated carbocycles. The van der Waals surface area contributed by atoms with Crippen molar-refractivity contribution in [2.45, 2.75) is 70.2 Å². The summed E-state index contributed by atoms with van der Waals surface area (Å²) < 4.78 is 11.2. The molecule has 1 atom stereocenters. The minimum Gasteiger partial charge on any atom is -0.465 e. The molecule has 188 valence electrons.